The van der Waals surface area contributed by atoms with Crippen molar-refractivity contribution in [2.24, 2.45) is 11.8 Å². The Kier molecular flexibility index (Phi) is 17.9. The third-order valence-corrected chi connectivity index (χ3v) is 7.01. The number of rotatable bonds is 19. The van der Waals surface area contributed by atoms with Gasteiger partial charge in [0.2, 0.25) is 0 Å². The van der Waals surface area contributed by atoms with Crippen LogP contribution in [0.1, 0.15) is 162 Å². The minimum Gasteiger partial charge on any atom is -0.0654 e. The lowest BCUT2D eigenvalue weighted by atomic mass is 9.80. The molecule has 1 aliphatic rings. The van der Waals surface area contributed by atoms with E-state index >= 15 is 0 Å². The van der Waals surface area contributed by atoms with Crippen LogP contribution in [0.4, 0.5) is 0 Å². The molecule has 0 aromatic carbocycles. The zero-order valence-corrected chi connectivity index (χ0v) is 19.4. The molecule has 0 heterocycles. The molecule has 2 unspecified atom stereocenters. The van der Waals surface area contributed by atoms with Crippen LogP contribution < -0.4 is 0 Å². The highest BCUT2D eigenvalue weighted by Crippen LogP contribution is 2.32. The van der Waals surface area contributed by atoms with Gasteiger partial charge in [-0.25, -0.2) is 0 Å². The second kappa shape index (κ2) is 19.3. The first-order chi connectivity index (χ1) is 13.3. The van der Waals surface area contributed by atoms with Gasteiger partial charge in [0.15, 0.2) is 0 Å². The second-order valence-corrected chi connectivity index (χ2v) is 9.94. The molecule has 2 atom stereocenters. The zero-order valence-electron chi connectivity index (χ0n) is 19.4. The lowest BCUT2D eigenvalue weighted by Gasteiger charge is -2.26. The standard InChI is InChI=1S/C27H54/c1-3-4-5-6-7-8-9-10-11-12-13-14-15-16-17-18-19-20-23-27-24-21-22-26(2)25-27/h26-27H,3-25H2,1-2H3. The lowest BCUT2D eigenvalue weighted by molar-refractivity contribution is 0.263. The first-order valence-corrected chi connectivity index (χ1v) is 13.3. The van der Waals surface area contributed by atoms with Gasteiger partial charge >= 0.3 is 0 Å². The molecular formula is C27H54. The molecule has 27 heavy (non-hydrogen) atoms. The molecule has 0 spiro atoms. The first kappa shape index (κ1) is 25.0. The summed E-state index contributed by atoms with van der Waals surface area (Å²) < 4.78 is 0. The Labute approximate surface area is 173 Å². The van der Waals surface area contributed by atoms with Crippen LogP contribution in [0.5, 0.6) is 0 Å². The maximum absolute atomic E-state index is 2.46. The van der Waals surface area contributed by atoms with Crippen molar-refractivity contribution in [3.63, 3.8) is 0 Å². The summed E-state index contributed by atoms with van der Waals surface area (Å²) >= 11 is 0. The van der Waals surface area contributed by atoms with Crippen LogP contribution in [0.2, 0.25) is 0 Å². The number of unbranched alkanes of at least 4 members (excludes halogenated alkanes) is 17. The predicted molar refractivity (Wildman–Crippen MR) is 125 cm³/mol. The van der Waals surface area contributed by atoms with Crippen molar-refractivity contribution in [2.45, 2.75) is 162 Å². The Morgan fingerprint density at radius 1 is 0.519 bits per heavy atom. The summed E-state index contributed by atoms with van der Waals surface area (Å²) in [7, 11) is 0. The van der Waals surface area contributed by atoms with Gasteiger partial charge in [0.05, 0.1) is 0 Å². The van der Waals surface area contributed by atoms with Crippen LogP contribution in [-0.2, 0) is 0 Å². The Bertz CT molecular complexity index is 282. The highest BCUT2D eigenvalue weighted by Gasteiger charge is 2.17. The van der Waals surface area contributed by atoms with E-state index in [0.29, 0.717) is 0 Å². The van der Waals surface area contributed by atoms with E-state index in [1.54, 1.807) is 0 Å². The third-order valence-electron chi connectivity index (χ3n) is 7.01. The maximum Gasteiger partial charge on any atom is -0.0412 e. The molecule has 0 bridgehead atoms. The van der Waals surface area contributed by atoms with E-state index in [1.807, 2.05) is 0 Å². The monoisotopic (exact) mass is 378 g/mol. The first-order valence-electron chi connectivity index (χ1n) is 13.3. The summed E-state index contributed by atoms with van der Waals surface area (Å²) in [6.07, 6.45) is 34.3. The van der Waals surface area contributed by atoms with Crippen molar-refractivity contribution >= 4 is 0 Å². The summed E-state index contributed by atoms with van der Waals surface area (Å²) in [6.45, 7) is 4.76. The van der Waals surface area contributed by atoms with Crippen LogP contribution in [0.15, 0.2) is 0 Å². The molecule has 1 fully saturated rings. The lowest BCUT2D eigenvalue weighted by Crippen LogP contribution is -2.12. The van der Waals surface area contributed by atoms with Crippen molar-refractivity contribution < 1.29 is 0 Å². The zero-order chi connectivity index (χ0) is 19.4. The van der Waals surface area contributed by atoms with E-state index < -0.39 is 0 Å². The Balaban J connectivity index is 1.67. The molecule has 0 nitrogen and oxygen atoms in total. The molecule has 0 radical (unpaired) electrons. The van der Waals surface area contributed by atoms with Gasteiger partial charge in [0.25, 0.3) is 0 Å². The molecule has 0 N–H and O–H groups in total. The Morgan fingerprint density at radius 3 is 1.33 bits per heavy atom. The van der Waals surface area contributed by atoms with E-state index in [-0.39, 0.29) is 0 Å². The number of hydrogen-bond acceptors (Lipinski definition) is 0. The van der Waals surface area contributed by atoms with Crippen LogP contribution in [0.3, 0.4) is 0 Å². The molecule has 0 aromatic rings. The predicted octanol–water partition coefficient (Wildman–Crippen LogP) is 10.2. The van der Waals surface area contributed by atoms with Gasteiger partial charge in [-0.1, -0.05) is 155 Å². The van der Waals surface area contributed by atoms with Crippen LogP contribution >= 0.6 is 0 Å². The van der Waals surface area contributed by atoms with Crippen LogP contribution in [0.25, 0.3) is 0 Å². The van der Waals surface area contributed by atoms with Crippen molar-refractivity contribution in [3.8, 4) is 0 Å². The van der Waals surface area contributed by atoms with Crippen molar-refractivity contribution in [1.82, 2.24) is 0 Å². The SMILES string of the molecule is CCCCCCCCCCCCCCCCCCCCC1CCCC(C)C1. The minimum atomic E-state index is 1.01. The fourth-order valence-electron chi connectivity index (χ4n) is 5.16. The van der Waals surface area contributed by atoms with E-state index in [2.05, 4.69) is 13.8 Å². The van der Waals surface area contributed by atoms with Gasteiger partial charge in [-0.15, -0.1) is 0 Å². The van der Waals surface area contributed by atoms with Crippen LogP contribution in [-0.4, -0.2) is 0 Å². The van der Waals surface area contributed by atoms with Gasteiger partial charge in [0.1, 0.15) is 0 Å². The smallest absolute Gasteiger partial charge is 0.0412 e. The average Bonchev–Trinajstić information content (AvgIpc) is 2.67. The van der Waals surface area contributed by atoms with Crippen LogP contribution in [0, 0.1) is 11.8 Å². The summed E-state index contributed by atoms with van der Waals surface area (Å²) in [5, 5.41) is 0. The molecule has 1 rings (SSSR count). The van der Waals surface area contributed by atoms with Gasteiger partial charge < -0.3 is 0 Å². The third kappa shape index (κ3) is 16.6. The van der Waals surface area contributed by atoms with Gasteiger partial charge in [0, 0.05) is 0 Å². The van der Waals surface area contributed by atoms with E-state index in [1.165, 1.54) is 148 Å². The van der Waals surface area contributed by atoms with E-state index in [0.717, 1.165) is 11.8 Å². The second-order valence-electron chi connectivity index (χ2n) is 9.94. The summed E-state index contributed by atoms with van der Waals surface area (Å²) in [4.78, 5) is 0. The van der Waals surface area contributed by atoms with E-state index in [9.17, 15) is 0 Å². The molecular weight excluding hydrogens is 324 g/mol. The highest BCUT2D eigenvalue weighted by atomic mass is 14.2. The molecule has 0 amide bonds. The average molecular weight is 379 g/mol. The summed E-state index contributed by atoms with van der Waals surface area (Å²) in [5.74, 6) is 2.09. The topological polar surface area (TPSA) is 0 Å². The normalized spacial score (nSPS) is 20.2. The number of hydrogen-bond donors (Lipinski definition) is 0. The van der Waals surface area contributed by atoms with E-state index in [4.69, 9.17) is 0 Å². The van der Waals surface area contributed by atoms with Crippen molar-refractivity contribution in [3.05, 3.63) is 0 Å². The van der Waals surface area contributed by atoms with Gasteiger partial charge in [-0.05, 0) is 18.3 Å². The highest BCUT2D eigenvalue weighted by molar-refractivity contribution is 4.70. The van der Waals surface area contributed by atoms with Gasteiger partial charge in [-0.3, -0.25) is 0 Å². The molecule has 0 saturated heterocycles. The van der Waals surface area contributed by atoms with Gasteiger partial charge in [-0.2, -0.15) is 0 Å². The Morgan fingerprint density at radius 2 is 0.926 bits per heavy atom. The molecule has 0 aromatic heterocycles. The molecule has 1 saturated carbocycles. The van der Waals surface area contributed by atoms with Crippen molar-refractivity contribution in [2.75, 3.05) is 0 Å². The largest absolute Gasteiger partial charge is 0.0654 e. The summed E-state index contributed by atoms with van der Waals surface area (Å²) in [5.41, 5.74) is 0. The minimum absolute atomic E-state index is 1.01. The molecule has 1 aliphatic carbocycles. The quantitative estimate of drug-likeness (QED) is 0.196. The molecule has 0 heteroatoms. The molecule has 162 valence electrons. The van der Waals surface area contributed by atoms with Crippen molar-refractivity contribution in [1.29, 1.82) is 0 Å². The fraction of sp³-hybridized carbons (Fsp3) is 1.00. The molecule has 0 aliphatic heterocycles. The summed E-state index contributed by atoms with van der Waals surface area (Å²) in [6, 6.07) is 0. The fourth-order valence-corrected chi connectivity index (χ4v) is 5.16. The Hall–Kier alpha value is 0. The maximum atomic E-state index is 2.46.